The van der Waals surface area contributed by atoms with Gasteiger partial charge in [0.05, 0.1) is 30.4 Å². The summed E-state index contributed by atoms with van der Waals surface area (Å²) in [5.74, 6) is -0.791. The molecule has 0 radical (unpaired) electrons. The van der Waals surface area contributed by atoms with Gasteiger partial charge in [-0.1, -0.05) is 52.0 Å². The first-order valence-electron chi connectivity index (χ1n) is 12.8. The lowest BCUT2D eigenvalue weighted by Crippen LogP contribution is -2.30. The number of rotatable bonds is 13. The molecule has 0 bridgehead atoms. The highest BCUT2D eigenvalue weighted by molar-refractivity contribution is 5.91. The highest BCUT2D eigenvalue weighted by atomic mass is 16.7. The van der Waals surface area contributed by atoms with Crippen molar-refractivity contribution in [1.29, 1.82) is 0 Å². The molecule has 6 nitrogen and oxygen atoms in total. The third-order valence-electron chi connectivity index (χ3n) is 6.88. The highest BCUT2D eigenvalue weighted by Crippen LogP contribution is 2.27. The minimum absolute atomic E-state index is 0.101. The van der Waals surface area contributed by atoms with Crippen molar-refractivity contribution in [3.8, 4) is 11.1 Å². The summed E-state index contributed by atoms with van der Waals surface area (Å²) in [5.41, 5.74) is 2.39. The average molecular weight is 499 g/mol. The topological polar surface area (TPSA) is 71.1 Å². The van der Waals surface area contributed by atoms with E-state index in [1.165, 1.54) is 0 Å². The molecule has 0 amide bonds. The summed E-state index contributed by atoms with van der Waals surface area (Å²) in [6, 6.07) is 14.4. The maximum Gasteiger partial charge on any atom is 0.340 e. The Morgan fingerprint density at radius 1 is 0.722 bits per heavy atom. The molecule has 6 heteroatoms. The lowest BCUT2D eigenvalue weighted by atomic mass is 9.85. The fourth-order valence-corrected chi connectivity index (χ4v) is 3.18. The maximum absolute atomic E-state index is 12.5. The summed E-state index contributed by atoms with van der Waals surface area (Å²) in [6.07, 6.45) is 1.20. The van der Waals surface area contributed by atoms with Crippen LogP contribution in [0.15, 0.2) is 48.5 Å². The van der Waals surface area contributed by atoms with Gasteiger partial charge in [-0.3, -0.25) is 0 Å². The van der Waals surface area contributed by atoms with E-state index in [1.807, 2.05) is 45.0 Å². The van der Waals surface area contributed by atoms with Crippen LogP contribution in [0.2, 0.25) is 0 Å². The summed E-state index contributed by atoms with van der Waals surface area (Å²) >= 11 is 0. The van der Waals surface area contributed by atoms with E-state index in [-0.39, 0.29) is 17.5 Å². The van der Waals surface area contributed by atoms with E-state index < -0.39 is 17.9 Å². The predicted molar refractivity (Wildman–Crippen MR) is 142 cm³/mol. The first-order valence-corrected chi connectivity index (χ1v) is 12.8. The number of carbonyl (C=O) groups is 2. The molecule has 2 atom stereocenters. The zero-order valence-corrected chi connectivity index (χ0v) is 23.1. The Labute approximate surface area is 216 Å². The smallest absolute Gasteiger partial charge is 0.340 e. The van der Waals surface area contributed by atoms with Crippen LogP contribution < -0.4 is 0 Å². The second kappa shape index (κ2) is 13.0. The fourth-order valence-electron chi connectivity index (χ4n) is 3.18. The Kier molecular flexibility index (Phi) is 10.7. The van der Waals surface area contributed by atoms with Crippen molar-refractivity contribution in [2.75, 3.05) is 13.2 Å². The Bertz CT molecular complexity index is 976. The molecule has 0 saturated carbocycles. The van der Waals surface area contributed by atoms with Crippen LogP contribution in [-0.2, 0) is 18.9 Å². The molecular weight excluding hydrogens is 456 g/mol. The zero-order chi connectivity index (χ0) is 26.9. The van der Waals surface area contributed by atoms with Gasteiger partial charge >= 0.3 is 11.9 Å². The maximum atomic E-state index is 12.5. The largest absolute Gasteiger partial charge is 0.456 e. The van der Waals surface area contributed by atoms with Crippen molar-refractivity contribution in [3.63, 3.8) is 0 Å². The van der Waals surface area contributed by atoms with Crippen molar-refractivity contribution in [2.24, 2.45) is 5.41 Å². The summed E-state index contributed by atoms with van der Waals surface area (Å²) in [4.78, 5) is 24.8. The molecule has 0 N–H and O–H groups in total. The SMILES string of the molecule is CCC(C)(C)OC(=O)c1ccc(-c2ccc(C(=O)OC(C)OCCOC(C)C(C)(C)CC)cc2)cc1. The van der Waals surface area contributed by atoms with Crippen LogP contribution in [0.5, 0.6) is 0 Å². The fraction of sp³-hybridized carbons (Fsp3) is 0.533. The molecule has 2 aromatic carbocycles. The molecule has 0 spiro atoms. The molecule has 0 saturated heterocycles. The highest BCUT2D eigenvalue weighted by Gasteiger charge is 2.24. The van der Waals surface area contributed by atoms with E-state index in [1.54, 1.807) is 31.2 Å². The number of hydrogen-bond donors (Lipinski definition) is 0. The number of ether oxygens (including phenoxy) is 4. The number of benzene rings is 2. The van der Waals surface area contributed by atoms with Crippen LogP contribution in [0.4, 0.5) is 0 Å². The van der Waals surface area contributed by atoms with E-state index in [0.717, 1.165) is 24.0 Å². The van der Waals surface area contributed by atoms with Crippen LogP contribution >= 0.6 is 0 Å². The third-order valence-corrected chi connectivity index (χ3v) is 6.88. The molecule has 2 aromatic rings. The monoisotopic (exact) mass is 498 g/mol. The van der Waals surface area contributed by atoms with E-state index >= 15 is 0 Å². The van der Waals surface area contributed by atoms with Gasteiger partial charge in [0.2, 0.25) is 6.29 Å². The van der Waals surface area contributed by atoms with Gasteiger partial charge in [0.25, 0.3) is 0 Å². The normalized spacial score (nSPS) is 13.7. The molecule has 0 heterocycles. The van der Waals surface area contributed by atoms with Crippen molar-refractivity contribution >= 4 is 11.9 Å². The quantitative estimate of drug-likeness (QED) is 0.167. The van der Waals surface area contributed by atoms with E-state index in [0.29, 0.717) is 24.3 Å². The molecule has 2 rings (SSSR count). The first kappa shape index (κ1) is 29.5. The Hall–Kier alpha value is -2.70. The van der Waals surface area contributed by atoms with E-state index in [4.69, 9.17) is 18.9 Å². The van der Waals surface area contributed by atoms with Crippen molar-refractivity contribution in [2.45, 2.75) is 86.2 Å². The molecular formula is C30H42O6. The first-order chi connectivity index (χ1) is 16.9. The lowest BCUT2D eigenvalue weighted by molar-refractivity contribution is -0.120. The molecule has 198 valence electrons. The van der Waals surface area contributed by atoms with Crippen LogP contribution in [-0.4, -0.2) is 43.1 Å². The summed E-state index contributed by atoms with van der Waals surface area (Å²) in [7, 11) is 0. The predicted octanol–water partition coefficient (Wildman–Crippen LogP) is 7.06. The molecule has 0 aromatic heterocycles. The number of hydrogen-bond acceptors (Lipinski definition) is 6. The van der Waals surface area contributed by atoms with Crippen LogP contribution in [0, 0.1) is 5.41 Å². The van der Waals surface area contributed by atoms with Gasteiger partial charge in [-0.15, -0.1) is 0 Å². The Morgan fingerprint density at radius 2 is 1.19 bits per heavy atom. The van der Waals surface area contributed by atoms with E-state index in [9.17, 15) is 9.59 Å². The summed E-state index contributed by atoms with van der Waals surface area (Å²) in [5, 5.41) is 0. The number of carbonyl (C=O) groups excluding carboxylic acids is 2. The third kappa shape index (κ3) is 8.75. The van der Waals surface area contributed by atoms with Gasteiger partial charge in [-0.25, -0.2) is 9.59 Å². The Morgan fingerprint density at radius 3 is 1.67 bits per heavy atom. The van der Waals surface area contributed by atoms with Gasteiger partial charge in [-0.2, -0.15) is 0 Å². The van der Waals surface area contributed by atoms with Crippen molar-refractivity contribution in [3.05, 3.63) is 59.7 Å². The van der Waals surface area contributed by atoms with Crippen molar-refractivity contribution < 1.29 is 28.5 Å². The van der Waals surface area contributed by atoms with Crippen LogP contribution in [0.1, 0.15) is 88.9 Å². The molecule has 0 aliphatic heterocycles. The van der Waals surface area contributed by atoms with Gasteiger partial charge in [0.1, 0.15) is 5.60 Å². The molecule has 0 aliphatic rings. The standard InChI is InChI=1S/C30H42O6/c1-9-29(5,6)21(3)33-19-20-34-22(4)35-27(31)25-15-11-23(12-16-25)24-13-17-26(18-14-24)28(32)36-30(7,8)10-2/h11-18,21-22H,9-10,19-20H2,1-8H3. The molecule has 0 aliphatic carbocycles. The van der Waals surface area contributed by atoms with Gasteiger partial charge < -0.3 is 18.9 Å². The summed E-state index contributed by atoms with van der Waals surface area (Å²) in [6.45, 7) is 16.8. The van der Waals surface area contributed by atoms with Crippen LogP contribution in [0.3, 0.4) is 0 Å². The van der Waals surface area contributed by atoms with Crippen LogP contribution in [0.25, 0.3) is 11.1 Å². The van der Waals surface area contributed by atoms with Gasteiger partial charge in [-0.05, 0) is 81.3 Å². The zero-order valence-electron chi connectivity index (χ0n) is 23.1. The molecule has 2 unspecified atom stereocenters. The van der Waals surface area contributed by atoms with Crippen molar-refractivity contribution in [1.82, 2.24) is 0 Å². The van der Waals surface area contributed by atoms with Gasteiger partial charge in [0.15, 0.2) is 0 Å². The molecule has 36 heavy (non-hydrogen) atoms. The Balaban J connectivity index is 1.86. The second-order valence-electron chi connectivity index (χ2n) is 10.4. The second-order valence-corrected chi connectivity index (χ2v) is 10.4. The lowest BCUT2D eigenvalue weighted by Gasteiger charge is -2.30. The number of esters is 2. The summed E-state index contributed by atoms with van der Waals surface area (Å²) < 4.78 is 22.4. The minimum atomic E-state index is -0.680. The van der Waals surface area contributed by atoms with E-state index in [2.05, 4.69) is 27.7 Å². The minimum Gasteiger partial charge on any atom is -0.456 e. The molecule has 0 fully saturated rings. The van der Waals surface area contributed by atoms with Gasteiger partial charge in [0, 0.05) is 0 Å². The average Bonchev–Trinajstić information content (AvgIpc) is 2.86.